The number of ether oxygens (including phenoxy) is 3. The van der Waals surface area contributed by atoms with Gasteiger partial charge in [0, 0.05) is 5.57 Å². The Morgan fingerprint density at radius 3 is 1.96 bits per heavy atom. The molecule has 0 bridgehead atoms. The third-order valence-corrected chi connectivity index (χ3v) is 3.71. The smallest absolute Gasteiger partial charge is 0.225 e. The summed E-state index contributed by atoms with van der Waals surface area (Å²) in [5, 5.41) is 0. The Balaban J connectivity index is 1.82. The summed E-state index contributed by atoms with van der Waals surface area (Å²) >= 11 is 0. The van der Waals surface area contributed by atoms with Crippen LogP contribution in [0.1, 0.15) is 6.92 Å². The highest BCUT2D eigenvalue weighted by molar-refractivity contribution is 5.96. The van der Waals surface area contributed by atoms with Crippen molar-refractivity contribution in [2.45, 2.75) is 6.92 Å². The van der Waals surface area contributed by atoms with Crippen molar-refractivity contribution in [3.63, 3.8) is 0 Å². The second-order valence-electron chi connectivity index (χ2n) is 5.76. The third kappa shape index (κ3) is 5.47. The fourth-order valence-corrected chi connectivity index (χ4v) is 2.27. The van der Waals surface area contributed by atoms with Gasteiger partial charge >= 0.3 is 0 Å². The molecule has 0 aromatic heterocycles. The molecule has 0 unspecified atom stereocenters. The lowest BCUT2D eigenvalue weighted by atomic mass is 10.3. The van der Waals surface area contributed by atoms with Crippen molar-refractivity contribution < 1.29 is 14.2 Å². The van der Waals surface area contributed by atoms with Gasteiger partial charge in [0.2, 0.25) is 5.90 Å². The molecular weight excluding hydrogens is 338 g/mol. The molecule has 0 aliphatic heterocycles. The summed E-state index contributed by atoms with van der Waals surface area (Å²) in [4.78, 5) is 4.62. The van der Waals surface area contributed by atoms with Gasteiger partial charge in [-0.15, -0.1) is 0 Å². The van der Waals surface area contributed by atoms with Gasteiger partial charge in [-0.25, -0.2) is 4.99 Å². The minimum Gasteiger partial charge on any atom is -0.497 e. The highest BCUT2D eigenvalue weighted by Gasteiger charge is 2.07. The van der Waals surface area contributed by atoms with E-state index in [9.17, 15) is 0 Å². The Labute approximate surface area is 159 Å². The van der Waals surface area contributed by atoms with E-state index in [2.05, 4.69) is 4.99 Å². The van der Waals surface area contributed by atoms with E-state index in [1.807, 2.05) is 91.9 Å². The molecule has 0 N–H and O–H groups in total. The molecule has 4 heteroatoms. The molecule has 0 radical (unpaired) electrons. The van der Waals surface area contributed by atoms with E-state index in [0.29, 0.717) is 17.4 Å². The maximum absolute atomic E-state index is 5.99. The predicted molar refractivity (Wildman–Crippen MR) is 108 cm³/mol. The number of hydrogen-bond acceptors (Lipinski definition) is 4. The van der Waals surface area contributed by atoms with Crippen LogP contribution in [0.15, 0.2) is 102 Å². The first kappa shape index (κ1) is 18.3. The second kappa shape index (κ2) is 9.25. The molecule has 0 heterocycles. The Morgan fingerprint density at radius 1 is 0.741 bits per heavy atom. The van der Waals surface area contributed by atoms with Crippen LogP contribution in [0.3, 0.4) is 0 Å². The lowest BCUT2D eigenvalue weighted by molar-refractivity contribution is 0.412. The molecule has 0 amide bonds. The highest BCUT2D eigenvalue weighted by Crippen LogP contribution is 2.20. The molecule has 3 aromatic carbocycles. The van der Waals surface area contributed by atoms with Crippen LogP contribution in [0.4, 0.5) is 5.69 Å². The van der Waals surface area contributed by atoms with Gasteiger partial charge in [-0.2, -0.15) is 0 Å². The SMILES string of the molecule is COc1ccc(OC=C(C)C(=Nc2ccccc2)Oc2ccccc2)cc1. The quantitative estimate of drug-likeness (QED) is 0.318. The Bertz CT molecular complexity index is 901. The average molecular weight is 359 g/mol. The summed E-state index contributed by atoms with van der Waals surface area (Å²) in [6, 6.07) is 26.6. The molecule has 4 nitrogen and oxygen atoms in total. The van der Waals surface area contributed by atoms with Crippen molar-refractivity contribution in [2.24, 2.45) is 4.99 Å². The number of para-hydroxylation sites is 2. The van der Waals surface area contributed by atoms with Crippen LogP contribution in [0, 0.1) is 0 Å². The largest absolute Gasteiger partial charge is 0.497 e. The number of methoxy groups -OCH3 is 1. The van der Waals surface area contributed by atoms with E-state index >= 15 is 0 Å². The zero-order valence-corrected chi connectivity index (χ0v) is 15.3. The van der Waals surface area contributed by atoms with Gasteiger partial charge in [0.05, 0.1) is 19.1 Å². The fourth-order valence-electron chi connectivity index (χ4n) is 2.27. The van der Waals surface area contributed by atoms with Crippen LogP contribution in [-0.2, 0) is 0 Å². The minimum atomic E-state index is 0.473. The molecule has 27 heavy (non-hydrogen) atoms. The molecule has 0 saturated heterocycles. The maximum atomic E-state index is 5.99. The molecule has 0 saturated carbocycles. The van der Waals surface area contributed by atoms with Gasteiger partial charge in [0.1, 0.15) is 17.2 Å². The van der Waals surface area contributed by atoms with Crippen LogP contribution in [0.2, 0.25) is 0 Å². The van der Waals surface area contributed by atoms with E-state index in [1.54, 1.807) is 13.4 Å². The summed E-state index contributed by atoms with van der Waals surface area (Å²) in [7, 11) is 1.63. The standard InChI is InChI=1S/C23H21NO3/c1-18(17-26-21-15-13-20(25-2)14-16-21)23(24-19-9-5-3-6-10-19)27-22-11-7-4-8-12-22/h3-17H,1-2H3. The number of hydrogen-bond donors (Lipinski definition) is 0. The van der Waals surface area contributed by atoms with Crippen molar-refractivity contribution in [3.05, 3.63) is 96.8 Å². The Hall–Kier alpha value is -3.53. The lowest BCUT2D eigenvalue weighted by Crippen LogP contribution is -2.10. The Kier molecular flexibility index (Phi) is 6.26. The highest BCUT2D eigenvalue weighted by atomic mass is 16.5. The van der Waals surface area contributed by atoms with Crippen molar-refractivity contribution in [3.8, 4) is 17.2 Å². The van der Waals surface area contributed by atoms with Crippen LogP contribution >= 0.6 is 0 Å². The number of benzene rings is 3. The zero-order chi connectivity index (χ0) is 18.9. The van der Waals surface area contributed by atoms with Crippen molar-refractivity contribution in [1.82, 2.24) is 0 Å². The van der Waals surface area contributed by atoms with E-state index in [-0.39, 0.29) is 0 Å². The normalized spacial score (nSPS) is 11.8. The van der Waals surface area contributed by atoms with Crippen LogP contribution in [-0.4, -0.2) is 13.0 Å². The van der Waals surface area contributed by atoms with E-state index < -0.39 is 0 Å². The summed E-state index contributed by atoms with van der Waals surface area (Å²) in [5.74, 6) is 2.67. The first-order valence-electron chi connectivity index (χ1n) is 8.59. The number of nitrogens with zero attached hydrogens (tertiary/aromatic N) is 1. The van der Waals surface area contributed by atoms with Gasteiger partial charge < -0.3 is 14.2 Å². The minimum absolute atomic E-state index is 0.473. The van der Waals surface area contributed by atoms with Crippen molar-refractivity contribution >= 4 is 11.6 Å². The first-order valence-corrected chi connectivity index (χ1v) is 8.59. The predicted octanol–water partition coefficient (Wildman–Crippen LogP) is 5.79. The van der Waals surface area contributed by atoms with Crippen molar-refractivity contribution in [1.29, 1.82) is 0 Å². The van der Waals surface area contributed by atoms with Crippen LogP contribution < -0.4 is 14.2 Å². The number of aliphatic imine (C=N–C) groups is 1. The molecule has 0 aliphatic rings. The average Bonchev–Trinajstić information content (AvgIpc) is 2.73. The van der Waals surface area contributed by atoms with Crippen LogP contribution in [0.5, 0.6) is 17.2 Å². The molecule has 0 atom stereocenters. The van der Waals surface area contributed by atoms with Gasteiger partial charge in [0.15, 0.2) is 0 Å². The Morgan fingerprint density at radius 2 is 1.33 bits per heavy atom. The second-order valence-corrected chi connectivity index (χ2v) is 5.76. The van der Waals surface area contributed by atoms with Gasteiger partial charge in [-0.3, -0.25) is 0 Å². The molecule has 136 valence electrons. The summed E-state index contributed by atoms with van der Waals surface area (Å²) in [6.07, 6.45) is 1.63. The van der Waals surface area contributed by atoms with E-state index in [1.165, 1.54) is 0 Å². The monoisotopic (exact) mass is 359 g/mol. The van der Waals surface area contributed by atoms with E-state index in [0.717, 1.165) is 17.0 Å². The summed E-state index contributed by atoms with van der Waals surface area (Å²) in [5.41, 5.74) is 1.57. The van der Waals surface area contributed by atoms with Gasteiger partial charge in [-0.1, -0.05) is 36.4 Å². The maximum Gasteiger partial charge on any atom is 0.225 e. The number of rotatable bonds is 6. The summed E-state index contributed by atoms with van der Waals surface area (Å²) in [6.45, 7) is 1.90. The molecule has 0 aliphatic carbocycles. The fraction of sp³-hybridized carbons (Fsp3) is 0.0870. The van der Waals surface area contributed by atoms with Gasteiger partial charge in [0.25, 0.3) is 0 Å². The third-order valence-electron chi connectivity index (χ3n) is 3.71. The molecular formula is C23H21NO3. The van der Waals surface area contributed by atoms with Crippen LogP contribution in [0.25, 0.3) is 0 Å². The lowest BCUT2D eigenvalue weighted by Gasteiger charge is -2.10. The molecule has 3 aromatic rings. The molecule has 0 fully saturated rings. The molecule has 0 spiro atoms. The zero-order valence-electron chi connectivity index (χ0n) is 15.3. The van der Waals surface area contributed by atoms with Gasteiger partial charge in [-0.05, 0) is 55.5 Å². The van der Waals surface area contributed by atoms with Crippen molar-refractivity contribution in [2.75, 3.05) is 7.11 Å². The van der Waals surface area contributed by atoms with E-state index in [4.69, 9.17) is 14.2 Å². The topological polar surface area (TPSA) is 40.0 Å². The molecule has 3 rings (SSSR count). The summed E-state index contributed by atoms with van der Waals surface area (Å²) < 4.78 is 16.9. The first-order chi connectivity index (χ1) is 13.2.